The van der Waals surface area contributed by atoms with Crippen molar-refractivity contribution in [3.05, 3.63) is 24.0 Å². The summed E-state index contributed by atoms with van der Waals surface area (Å²) in [7, 11) is 3.23. The van der Waals surface area contributed by atoms with Crippen LogP contribution in [0.15, 0.2) is 18.2 Å². The van der Waals surface area contributed by atoms with Crippen LogP contribution in [-0.4, -0.2) is 68.7 Å². The number of unbranched alkanes of at least 4 members (excludes halogenated alkanes) is 1. The molecule has 39 heavy (non-hydrogen) atoms. The molecule has 0 spiro atoms. The summed E-state index contributed by atoms with van der Waals surface area (Å²) in [5, 5.41) is 10.5. The van der Waals surface area contributed by atoms with E-state index in [9.17, 15) is 14.7 Å². The lowest BCUT2D eigenvalue weighted by atomic mass is 9.82. The van der Waals surface area contributed by atoms with E-state index in [-0.39, 0.29) is 0 Å². The minimum absolute atomic E-state index is 0.399. The van der Waals surface area contributed by atoms with Crippen LogP contribution in [0.3, 0.4) is 0 Å². The van der Waals surface area contributed by atoms with Crippen molar-refractivity contribution in [1.29, 1.82) is 0 Å². The Morgan fingerprint density at radius 3 is 2.13 bits per heavy atom. The maximum atomic E-state index is 13.6. The van der Waals surface area contributed by atoms with Crippen molar-refractivity contribution in [3.63, 3.8) is 0 Å². The predicted molar refractivity (Wildman–Crippen MR) is 154 cm³/mol. The maximum absolute atomic E-state index is 13.6. The molecule has 0 saturated carbocycles. The highest BCUT2D eigenvalue weighted by Crippen LogP contribution is 2.31. The van der Waals surface area contributed by atoms with E-state index >= 15 is 0 Å². The van der Waals surface area contributed by atoms with E-state index in [1.807, 2.05) is 26.8 Å². The molecule has 2 rings (SSSR count). The Bertz CT molecular complexity index is 1150. The average molecular weight is 545 g/mol. The second-order valence-electron chi connectivity index (χ2n) is 13.1. The molecule has 217 valence electrons. The Kier molecular flexibility index (Phi) is 9.94. The van der Waals surface area contributed by atoms with Gasteiger partial charge in [-0.05, 0) is 87.8 Å². The quantitative estimate of drug-likeness (QED) is 0.402. The van der Waals surface area contributed by atoms with Crippen LogP contribution in [0.2, 0.25) is 0 Å². The first-order chi connectivity index (χ1) is 17.7. The molecular formula is C29H47BN3O6. The minimum atomic E-state index is -1.09. The number of nitrogens with zero attached hydrogens (tertiary/aromatic N) is 3. The zero-order chi connectivity index (χ0) is 30.0. The SMILES string of the molecule is CCCC[C@@H](c1nc2ccc([B]OC(C)(C)C(C)(C)O)cc2n1C(=O)OC(C)(C)C)N(C)C(=O)OC(C)(C)C. The number of hydrogen-bond donors (Lipinski definition) is 1. The van der Waals surface area contributed by atoms with E-state index in [2.05, 4.69) is 6.92 Å². The van der Waals surface area contributed by atoms with Crippen molar-refractivity contribution < 1.29 is 28.8 Å². The summed E-state index contributed by atoms with van der Waals surface area (Å²) >= 11 is 0. The van der Waals surface area contributed by atoms with E-state index < -0.39 is 40.6 Å². The largest absolute Gasteiger partial charge is 0.444 e. The van der Waals surface area contributed by atoms with Crippen LogP contribution in [0.4, 0.5) is 9.59 Å². The Morgan fingerprint density at radius 1 is 1.03 bits per heavy atom. The van der Waals surface area contributed by atoms with E-state index in [0.717, 1.165) is 12.8 Å². The van der Waals surface area contributed by atoms with Gasteiger partial charge in [0.25, 0.3) is 0 Å². The smallest absolute Gasteiger partial charge is 0.420 e. The maximum Gasteiger partial charge on any atom is 0.420 e. The summed E-state index contributed by atoms with van der Waals surface area (Å²) in [5.41, 5.74) is -1.58. The number of amides is 1. The number of rotatable bonds is 9. The van der Waals surface area contributed by atoms with E-state index in [1.165, 1.54) is 9.47 Å². The van der Waals surface area contributed by atoms with Crippen LogP contribution in [0.25, 0.3) is 11.0 Å². The van der Waals surface area contributed by atoms with E-state index in [4.69, 9.17) is 19.1 Å². The molecule has 0 saturated heterocycles. The normalized spacial score (nSPS) is 13.8. The van der Waals surface area contributed by atoms with Crippen LogP contribution >= 0.6 is 0 Å². The standard InChI is InChI=1S/C29H47BN3O6/c1-13-14-15-21(32(12)24(34)37-26(2,3)4)23-31-20-17-16-19(30-39-29(10,11)28(8,9)36)18-22(20)33(23)25(35)38-27(5,6)7/h16-18,21,36H,13-15H2,1-12H3/t21-/m0/s1. The first-order valence-electron chi connectivity index (χ1n) is 13.6. The van der Waals surface area contributed by atoms with Gasteiger partial charge in [-0.2, -0.15) is 0 Å². The first-order valence-corrected chi connectivity index (χ1v) is 13.6. The number of fused-ring (bicyclic) bond motifs is 1. The first kappa shape index (κ1) is 32.6. The number of hydrogen-bond acceptors (Lipinski definition) is 7. The van der Waals surface area contributed by atoms with Crippen molar-refractivity contribution in [1.82, 2.24) is 14.5 Å². The third kappa shape index (κ3) is 8.70. The molecule has 10 heteroatoms. The Morgan fingerprint density at radius 2 is 1.62 bits per heavy atom. The molecule has 2 aromatic rings. The molecule has 1 aromatic carbocycles. The van der Waals surface area contributed by atoms with Gasteiger partial charge in [0.05, 0.1) is 28.3 Å². The van der Waals surface area contributed by atoms with E-state index in [1.54, 1.807) is 75.1 Å². The van der Waals surface area contributed by atoms with Gasteiger partial charge >= 0.3 is 19.7 Å². The van der Waals surface area contributed by atoms with Crippen LogP contribution in [0.5, 0.6) is 0 Å². The van der Waals surface area contributed by atoms with Gasteiger partial charge in [-0.1, -0.05) is 31.3 Å². The van der Waals surface area contributed by atoms with Crippen molar-refractivity contribution in [2.45, 2.75) is 124 Å². The van der Waals surface area contributed by atoms with Crippen LogP contribution in [0.1, 0.15) is 107 Å². The third-order valence-electron chi connectivity index (χ3n) is 6.52. The molecule has 0 aliphatic rings. The summed E-state index contributed by atoms with van der Waals surface area (Å²) in [6.45, 7) is 19.9. The van der Waals surface area contributed by atoms with Gasteiger partial charge in [-0.25, -0.2) is 19.1 Å². The molecule has 0 unspecified atom stereocenters. The van der Waals surface area contributed by atoms with Gasteiger partial charge in [-0.15, -0.1) is 0 Å². The second-order valence-corrected chi connectivity index (χ2v) is 13.1. The molecule has 0 bridgehead atoms. The van der Waals surface area contributed by atoms with Gasteiger partial charge < -0.3 is 24.1 Å². The zero-order valence-electron chi connectivity index (χ0n) is 25.8. The monoisotopic (exact) mass is 544 g/mol. The minimum Gasteiger partial charge on any atom is -0.444 e. The lowest BCUT2D eigenvalue weighted by Crippen LogP contribution is -2.49. The fraction of sp³-hybridized carbons (Fsp3) is 0.690. The Balaban J connectivity index is 2.65. The number of imidazole rings is 1. The molecule has 0 aliphatic heterocycles. The number of carbonyl (C=O) groups excluding carboxylic acids is 2. The van der Waals surface area contributed by atoms with Crippen molar-refractivity contribution in [2.75, 3.05) is 7.05 Å². The number of aromatic nitrogens is 2. The van der Waals surface area contributed by atoms with E-state index in [0.29, 0.717) is 28.7 Å². The number of benzene rings is 1. The number of carbonyl (C=O) groups is 2. The molecular weight excluding hydrogens is 497 g/mol. The molecule has 1 N–H and O–H groups in total. The van der Waals surface area contributed by atoms with Crippen LogP contribution < -0.4 is 5.46 Å². The van der Waals surface area contributed by atoms with Gasteiger partial charge in [0, 0.05) is 7.05 Å². The highest BCUT2D eigenvalue weighted by Gasteiger charge is 2.36. The lowest BCUT2D eigenvalue weighted by molar-refractivity contribution is -0.0893. The highest BCUT2D eigenvalue weighted by molar-refractivity contribution is 6.47. The Labute approximate surface area is 234 Å². The Hall–Kier alpha value is -2.59. The summed E-state index contributed by atoms with van der Waals surface area (Å²) in [5.74, 6) is 0.399. The molecule has 1 atom stereocenters. The lowest BCUT2D eigenvalue weighted by Gasteiger charge is -2.37. The van der Waals surface area contributed by atoms with Gasteiger partial charge in [0.1, 0.15) is 17.0 Å². The predicted octanol–water partition coefficient (Wildman–Crippen LogP) is 5.73. The average Bonchev–Trinajstić information content (AvgIpc) is 3.13. The summed E-state index contributed by atoms with van der Waals surface area (Å²) < 4.78 is 18.8. The van der Waals surface area contributed by atoms with Gasteiger partial charge in [0.2, 0.25) is 0 Å². The summed E-state index contributed by atoms with van der Waals surface area (Å²) in [6.07, 6.45) is 1.21. The van der Waals surface area contributed by atoms with Crippen LogP contribution in [-0.2, 0) is 14.1 Å². The molecule has 9 nitrogen and oxygen atoms in total. The molecule has 1 radical (unpaired) electrons. The zero-order valence-corrected chi connectivity index (χ0v) is 25.8. The summed E-state index contributed by atoms with van der Waals surface area (Å²) in [6, 6.07) is 4.90. The van der Waals surface area contributed by atoms with Gasteiger partial charge in [-0.3, -0.25) is 0 Å². The fourth-order valence-electron chi connectivity index (χ4n) is 3.62. The van der Waals surface area contributed by atoms with Crippen molar-refractivity contribution in [3.8, 4) is 0 Å². The molecule has 0 aliphatic carbocycles. The van der Waals surface area contributed by atoms with Crippen LogP contribution in [0, 0.1) is 0 Å². The summed E-state index contributed by atoms with van der Waals surface area (Å²) in [4.78, 5) is 33.0. The van der Waals surface area contributed by atoms with Crippen molar-refractivity contribution >= 4 is 36.2 Å². The number of aliphatic hydroxyl groups is 1. The molecule has 1 heterocycles. The second kappa shape index (κ2) is 11.9. The molecule has 1 aromatic heterocycles. The molecule has 0 fully saturated rings. The molecule has 1 amide bonds. The topological polar surface area (TPSA) is 103 Å². The van der Waals surface area contributed by atoms with Gasteiger partial charge in [0.15, 0.2) is 0 Å². The fourth-order valence-corrected chi connectivity index (χ4v) is 3.62. The number of ether oxygens (including phenoxy) is 2. The van der Waals surface area contributed by atoms with Crippen molar-refractivity contribution in [2.24, 2.45) is 0 Å². The third-order valence-corrected chi connectivity index (χ3v) is 6.52. The highest BCUT2D eigenvalue weighted by atomic mass is 16.6.